The molecule has 5 rings (SSSR count). The van der Waals surface area contributed by atoms with Gasteiger partial charge in [-0.05, 0) is 42.5 Å². The number of aromatic nitrogens is 1. The smallest absolute Gasteiger partial charge is 0.213 e. The molecule has 2 aromatic carbocycles. The van der Waals surface area contributed by atoms with E-state index in [9.17, 15) is 0 Å². The topological polar surface area (TPSA) is 47.0 Å². The van der Waals surface area contributed by atoms with Gasteiger partial charge in [-0.15, -0.1) is 0 Å². The van der Waals surface area contributed by atoms with Crippen molar-refractivity contribution in [1.29, 1.82) is 0 Å². The number of hydrogen-bond donors (Lipinski definition) is 0. The third-order valence-electron chi connectivity index (χ3n) is 5.15. The maximum absolute atomic E-state index is 6.36. The van der Waals surface area contributed by atoms with Gasteiger partial charge in [0, 0.05) is 40.0 Å². The van der Waals surface area contributed by atoms with E-state index in [1.807, 2.05) is 42.5 Å². The number of pyridine rings is 1. The van der Waals surface area contributed by atoms with Gasteiger partial charge in [-0.2, -0.15) is 5.10 Å². The molecule has 3 aromatic rings. The van der Waals surface area contributed by atoms with Gasteiger partial charge in [0.25, 0.3) is 0 Å². The number of methoxy groups -OCH3 is 1. The molecule has 0 spiro atoms. The van der Waals surface area contributed by atoms with Crippen LogP contribution in [0.3, 0.4) is 0 Å². The second-order valence-electron chi connectivity index (χ2n) is 6.81. The van der Waals surface area contributed by atoms with E-state index in [1.165, 1.54) is 0 Å². The molecule has 2 atom stereocenters. The van der Waals surface area contributed by atoms with Crippen LogP contribution in [-0.2, 0) is 0 Å². The zero-order chi connectivity index (χ0) is 19.1. The third-order valence-corrected chi connectivity index (χ3v) is 5.64. The summed E-state index contributed by atoms with van der Waals surface area (Å²) in [4.78, 5) is 4.13. The van der Waals surface area contributed by atoms with Crippen molar-refractivity contribution in [3.05, 3.63) is 88.2 Å². The summed E-state index contributed by atoms with van der Waals surface area (Å²) in [5.41, 5.74) is 4.27. The van der Waals surface area contributed by atoms with Gasteiger partial charge in [0.2, 0.25) is 6.23 Å². The highest BCUT2D eigenvalue weighted by Gasteiger charge is 2.41. The number of nitrogens with zero attached hydrogens (tertiary/aromatic N) is 3. The molecular formula is C22H18BrN3O2. The van der Waals surface area contributed by atoms with Crippen LogP contribution >= 0.6 is 15.9 Å². The average Bonchev–Trinajstić information content (AvgIpc) is 3.20. The van der Waals surface area contributed by atoms with Gasteiger partial charge in [-0.3, -0.25) is 4.98 Å². The Balaban J connectivity index is 1.60. The van der Waals surface area contributed by atoms with Gasteiger partial charge in [0.05, 0.1) is 18.9 Å². The number of rotatable bonds is 3. The van der Waals surface area contributed by atoms with Gasteiger partial charge in [-0.25, -0.2) is 5.01 Å². The molecule has 0 radical (unpaired) electrons. The van der Waals surface area contributed by atoms with Crippen LogP contribution in [0.5, 0.6) is 11.5 Å². The largest absolute Gasteiger partial charge is 0.497 e. The standard InChI is InChI=1S/C22H18BrN3O2/c1-27-17-4-2-3-15(11-17)19-13-20-18-12-16(23)5-6-21(18)28-22(26(20)25-19)14-7-9-24-10-8-14/h2-12,20,22H,13H2,1H3/t20-,22+/m0/s1. The zero-order valence-corrected chi connectivity index (χ0v) is 16.8. The fourth-order valence-corrected chi connectivity index (χ4v) is 4.16. The number of halogens is 1. The highest BCUT2D eigenvalue weighted by atomic mass is 79.9. The van der Waals surface area contributed by atoms with Gasteiger partial charge >= 0.3 is 0 Å². The Labute approximate surface area is 171 Å². The first-order valence-corrected chi connectivity index (χ1v) is 9.88. The molecule has 0 aliphatic carbocycles. The molecule has 0 fully saturated rings. The van der Waals surface area contributed by atoms with Gasteiger partial charge in [-0.1, -0.05) is 28.1 Å². The van der Waals surface area contributed by atoms with E-state index in [1.54, 1.807) is 19.5 Å². The lowest BCUT2D eigenvalue weighted by Gasteiger charge is -2.38. The monoisotopic (exact) mass is 435 g/mol. The number of hydrazone groups is 1. The van der Waals surface area contributed by atoms with Crippen molar-refractivity contribution in [3.63, 3.8) is 0 Å². The van der Waals surface area contributed by atoms with Gasteiger partial charge < -0.3 is 9.47 Å². The van der Waals surface area contributed by atoms with Crippen LogP contribution in [0.2, 0.25) is 0 Å². The maximum Gasteiger partial charge on any atom is 0.213 e. The lowest BCUT2D eigenvalue weighted by Crippen LogP contribution is -2.33. The average molecular weight is 436 g/mol. The Morgan fingerprint density at radius 1 is 1.11 bits per heavy atom. The number of ether oxygens (including phenoxy) is 2. The molecule has 0 bridgehead atoms. The minimum Gasteiger partial charge on any atom is -0.497 e. The van der Waals surface area contributed by atoms with Crippen LogP contribution in [-0.4, -0.2) is 22.8 Å². The second kappa shape index (κ2) is 6.95. The first kappa shape index (κ1) is 17.3. The molecular weight excluding hydrogens is 418 g/mol. The van der Waals surface area contributed by atoms with Crippen LogP contribution in [0, 0.1) is 0 Å². The Kier molecular flexibility index (Phi) is 4.28. The van der Waals surface area contributed by atoms with Crippen molar-refractivity contribution in [2.45, 2.75) is 18.7 Å². The molecule has 2 aliphatic rings. The van der Waals surface area contributed by atoms with Crippen molar-refractivity contribution < 1.29 is 9.47 Å². The summed E-state index contributed by atoms with van der Waals surface area (Å²) in [5, 5.41) is 7.04. The quantitative estimate of drug-likeness (QED) is 0.574. The summed E-state index contributed by atoms with van der Waals surface area (Å²) < 4.78 is 12.8. The maximum atomic E-state index is 6.36. The van der Waals surface area contributed by atoms with Crippen LogP contribution in [0.25, 0.3) is 0 Å². The van der Waals surface area contributed by atoms with Crippen LogP contribution < -0.4 is 9.47 Å². The van der Waals surface area contributed by atoms with Crippen molar-refractivity contribution >= 4 is 21.6 Å². The fraction of sp³-hybridized carbons (Fsp3) is 0.182. The lowest BCUT2D eigenvalue weighted by molar-refractivity contribution is -0.0191. The Bertz CT molecular complexity index is 1050. The number of hydrogen-bond acceptors (Lipinski definition) is 5. The molecule has 5 nitrogen and oxygen atoms in total. The van der Waals surface area contributed by atoms with Gasteiger partial charge in [0.1, 0.15) is 11.5 Å². The molecule has 0 N–H and O–H groups in total. The Morgan fingerprint density at radius 3 is 2.79 bits per heavy atom. The molecule has 140 valence electrons. The molecule has 0 saturated heterocycles. The van der Waals surface area contributed by atoms with Crippen LogP contribution in [0.15, 0.2) is 76.6 Å². The summed E-state index contributed by atoms with van der Waals surface area (Å²) in [6, 6.07) is 18.3. The summed E-state index contributed by atoms with van der Waals surface area (Å²) >= 11 is 3.59. The lowest BCUT2D eigenvalue weighted by atomic mass is 9.96. The highest BCUT2D eigenvalue weighted by molar-refractivity contribution is 9.10. The number of fused-ring (bicyclic) bond motifs is 3. The minimum absolute atomic E-state index is 0.112. The molecule has 0 amide bonds. The van der Waals surface area contributed by atoms with Crippen molar-refractivity contribution in [3.8, 4) is 11.5 Å². The summed E-state index contributed by atoms with van der Waals surface area (Å²) in [7, 11) is 1.68. The van der Waals surface area contributed by atoms with E-state index in [0.29, 0.717) is 0 Å². The normalized spacial score (nSPS) is 20.1. The molecule has 0 saturated carbocycles. The first-order valence-electron chi connectivity index (χ1n) is 9.09. The molecule has 3 heterocycles. The number of benzene rings is 2. The highest BCUT2D eigenvalue weighted by Crippen LogP contribution is 2.48. The Hall–Kier alpha value is -2.86. The Morgan fingerprint density at radius 2 is 1.96 bits per heavy atom. The molecule has 0 unspecified atom stereocenters. The molecule has 1 aromatic heterocycles. The van der Waals surface area contributed by atoms with E-state index >= 15 is 0 Å². The van der Waals surface area contributed by atoms with Crippen molar-refractivity contribution in [1.82, 2.24) is 9.99 Å². The van der Waals surface area contributed by atoms with E-state index < -0.39 is 0 Å². The third kappa shape index (κ3) is 2.94. The van der Waals surface area contributed by atoms with Gasteiger partial charge in [0.15, 0.2) is 0 Å². The molecule has 28 heavy (non-hydrogen) atoms. The first-order chi connectivity index (χ1) is 13.7. The zero-order valence-electron chi connectivity index (χ0n) is 15.2. The van der Waals surface area contributed by atoms with Crippen molar-refractivity contribution in [2.24, 2.45) is 5.10 Å². The van der Waals surface area contributed by atoms with E-state index in [4.69, 9.17) is 14.6 Å². The van der Waals surface area contributed by atoms with Crippen LogP contribution in [0.1, 0.15) is 35.4 Å². The predicted molar refractivity (Wildman–Crippen MR) is 110 cm³/mol. The van der Waals surface area contributed by atoms with Crippen molar-refractivity contribution in [2.75, 3.05) is 7.11 Å². The SMILES string of the molecule is COc1cccc(C2=NN3[C@@H](c4ccncc4)Oc4ccc(Br)cc4[C@@H]3C2)c1. The summed E-state index contributed by atoms with van der Waals surface area (Å²) in [6.07, 6.45) is 4.09. The molecule has 2 aliphatic heterocycles. The second-order valence-corrected chi connectivity index (χ2v) is 7.73. The van der Waals surface area contributed by atoms with E-state index in [-0.39, 0.29) is 12.3 Å². The van der Waals surface area contributed by atoms with Crippen LogP contribution in [0.4, 0.5) is 0 Å². The van der Waals surface area contributed by atoms with E-state index in [0.717, 1.165) is 44.8 Å². The summed E-state index contributed by atoms with van der Waals surface area (Å²) in [5.74, 6) is 1.73. The molecule has 6 heteroatoms. The fourth-order valence-electron chi connectivity index (χ4n) is 3.78. The predicted octanol–water partition coefficient (Wildman–Crippen LogP) is 5.10. The summed E-state index contributed by atoms with van der Waals surface area (Å²) in [6.45, 7) is 0. The van der Waals surface area contributed by atoms with E-state index in [2.05, 4.69) is 38.1 Å². The minimum atomic E-state index is -0.287.